The van der Waals surface area contributed by atoms with Crippen LogP contribution in [0.2, 0.25) is 0 Å². The first-order valence-electron chi connectivity index (χ1n) is 2.20. The van der Waals surface area contributed by atoms with Gasteiger partial charge in [-0.05, 0) is 6.92 Å². The van der Waals surface area contributed by atoms with Crippen molar-refractivity contribution in [3.8, 4) is 0 Å². The van der Waals surface area contributed by atoms with E-state index in [2.05, 4.69) is 22.4 Å². The van der Waals surface area contributed by atoms with Gasteiger partial charge in [0.2, 0.25) is 0 Å². The maximum absolute atomic E-state index is 5.13. The summed E-state index contributed by atoms with van der Waals surface area (Å²) in [6, 6.07) is 0. The van der Waals surface area contributed by atoms with Crippen molar-refractivity contribution in [1.82, 2.24) is 0 Å². The fourth-order valence-electron chi connectivity index (χ4n) is 0.472. The van der Waals surface area contributed by atoms with Crippen molar-refractivity contribution < 1.29 is 9.31 Å². The van der Waals surface area contributed by atoms with Gasteiger partial charge in [-0.1, -0.05) is 22.4 Å². The smallest absolute Gasteiger partial charge is 0.400 e. The fourth-order valence-corrected chi connectivity index (χ4v) is 1.18. The molecular weight excluding hydrogens is 206 g/mol. The van der Waals surface area contributed by atoms with E-state index >= 15 is 0 Å². The highest BCUT2D eigenvalue weighted by Gasteiger charge is 2.24. The standard InChI is InChI=1S/C3H6BIO2/c1-3-2-6-4(5)7-3/h3H,2H2,1H3. The summed E-state index contributed by atoms with van der Waals surface area (Å²) in [5.41, 5.74) is 0. The van der Waals surface area contributed by atoms with Gasteiger partial charge in [0.05, 0.1) is 12.7 Å². The lowest BCUT2D eigenvalue weighted by Crippen LogP contribution is -2.05. The first-order chi connectivity index (χ1) is 3.29. The Labute approximate surface area is 56.6 Å². The molecule has 0 spiro atoms. The van der Waals surface area contributed by atoms with Gasteiger partial charge >= 0.3 is 4.97 Å². The third kappa shape index (κ3) is 1.58. The molecule has 0 radical (unpaired) electrons. The molecule has 1 aliphatic rings. The summed E-state index contributed by atoms with van der Waals surface area (Å²) in [6.45, 7) is 2.74. The molecule has 1 rings (SSSR count). The molecule has 0 saturated carbocycles. The van der Waals surface area contributed by atoms with Gasteiger partial charge in [0.25, 0.3) is 0 Å². The van der Waals surface area contributed by atoms with Gasteiger partial charge < -0.3 is 9.31 Å². The molecule has 1 aliphatic heterocycles. The van der Waals surface area contributed by atoms with E-state index in [1.165, 1.54) is 0 Å². The average Bonchev–Trinajstić information content (AvgIpc) is 1.87. The van der Waals surface area contributed by atoms with Gasteiger partial charge in [0.15, 0.2) is 0 Å². The Morgan fingerprint density at radius 1 is 1.86 bits per heavy atom. The zero-order valence-corrected chi connectivity index (χ0v) is 6.21. The molecule has 1 atom stereocenters. The topological polar surface area (TPSA) is 18.5 Å². The minimum Gasteiger partial charge on any atom is -0.400 e. The Balaban J connectivity index is 2.26. The minimum absolute atomic E-state index is 0.00685. The van der Waals surface area contributed by atoms with Crippen molar-refractivity contribution in [1.29, 1.82) is 0 Å². The SMILES string of the molecule is CC1COB(I)O1. The molecule has 0 aromatic heterocycles. The highest BCUT2D eigenvalue weighted by Crippen LogP contribution is 2.11. The maximum atomic E-state index is 5.13. The summed E-state index contributed by atoms with van der Waals surface area (Å²) in [4.78, 5) is -0.00685. The quantitative estimate of drug-likeness (QED) is 0.437. The number of hydrogen-bond donors (Lipinski definition) is 0. The zero-order valence-electron chi connectivity index (χ0n) is 4.06. The highest BCUT2D eigenvalue weighted by molar-refractivity contribution is 14.1. The maximum Gasteiger partial charge on any atom is 0.532 e. The lowest BCUT2D eigenvalue weighted by molar-refractivity contribution is 0.259. The minimum atomic E-state index is -0.00685. The highest BCUT2D eigenvalue weighted by atomic mass is 127. The van der Waals surface area contributed by atoms with Crippen LogP contribution in [-0.4, -0.2) is 17.7 Å². The summed E-state index contributed by atoms with van der Waals surface area (Å²) < 4.78 is 10.2. The van der Waals surface area contributed by atoms with Crippen LogP contribution < -0.4 is 0 Å². The fraction of sp³-hybridized carbons (Fsp3) is 1.00. The van der Waals surface area contributed by atoms with Crippen molar-refractivity contribution in [3.63, 3.8) is 0 Å². The monoisotopic (exact) mass is 212 g/mol. The predicted octanol–water partition coefficient (Wildman–Crippen LogP) is 0.842. The van der Waals surface area contributed by atoms with Crippen LogP contribution in [0.4, 0.5) is 0 Å². The Hall–Kier alpha value is 0.715. The Morgan fingerprint density at radius 2 is 2.57 bits per heavy atom. The van der Waals surface area contributed by atoms with Crippen LogP contribution in [0.1, 0.15) is 6.92 Å². The number of halogens is 1. The van der Waals surface area contributed by atoms with Crippen molar-refractivity contribution in [3.05, 3.63) is 0 Å². The normalized spacial score (nSPS) is 31.7. The van der Waals surface area contributed by atoms with Gasteiger partial charge in [0.1, 0.15) is 0 Å². The van der Waals surface area contributed by atoms with Gasteiger partial charge in [-0.25, -0.2) is 0 Å². The summed E-state index contributed by atoms with van der Waals surface area (Å²) >= 11 is 2.10. The van der Waals surface area contributed by atoms with E-state index in [1.54, 1.807) is 0 Å². The van der Waals surface area contributed by atoms with Gasteiger partial charge in [0, 0.05) is 0 Å². The molecule has 40 valence electrons. The van der Waals surface area contributed by atoms with E-state index in [0.29, 0.717) is 6.10 Å². The molecule has 1 saturated heterocycles. The Bertz CT molecular complexity index is 62.0. The molecular formula is C3H6BIO2. The molecule has 1 heterocycles. The second-order valence-corrected chi connectivity index (χ2v) is 2.57. The third-order valence-electron chi connectivity index (χ3n) is 0.801. The molecule has 0 aromatic carbocycles. The third-order valence-corrected chi connectivity index (χ3v) is 1.45. The second-order valence-electron chi connectivity index (χ2n) is 1.55. The summed E-state index contributed by atoms with van der Waals surface area (Å²) in [5.74, 6) is 0. The average molecular weight is 212 g/mol. The van der Waals surface area contributed by atoms with E-state index in [9.17, 15) is 0 Å². The van der Waals surface area contributed by atoms with E-state index in [4.69, 9.17) is 9.31 Å². The summed E-state index contributed by atoms with van der Waals surface area (Å²) in [5, 5.41) is 0. The van der Waals surface area contributed by atoms with Crippen molar-refractivity contribution in [2.75, 3.05) is 6.61 Å². The molecule has 0 amide bonds. The van der Waals surface area contributed by atoms with E-state index in [0.717, 1.165) is 6.61 Å². The van der Waals surface area contributed by atoms with Gasteiger partial charge in [-0.3, -0.25) is 0 Å². The van der Waals surface area contributed by atoms with Crippen molar-refractivity contribution >= 4 is 27.3 Å². The Morgan fingerprint density at radius 3 is 2.71 bits per heavy atom. The van der Waals surface area contributed by atoms with Crippen LogP contribution in [0.3, 0.4) is 0 Å². The van der Waals surface area contributed by atoms with E-state index < -0.39 is 0 Å². The zero-order chi connectivity index (χ0) is 5.28. The molecule has 7 heavy (non-hydrogen) atoms. The summed E-state index contributed by atoms with van der Waals surface area (Å²) in [7, 11) is 0. The lowest BCUT2D eigenvalue weighted by Gasteiger charge is -1.94. The Kier molecular flexibility index (Phi) is 1.94. The van der Waals surface area contributed by atoms with Gasteiger partial charge in [-0.2, -0.15) is 0 Å². The van der Waals surface area contributed by atoms with Crippen LogP contribution in [0, 0.1) is 0 Å². The molecule has 0 aliphatic carbocycles. The lowest BCUT2D eigenvalue weighted by atomic mass is 10.4. The molecule has 0 aromatic rings. The molecule has 4 heteroatoms. The first-order valence-corrected chi connectivity index (χ1v) is 3.45. The molecule has 0 bridgehead atoms. The molecule has 1 unspecified atom stereocenters. The summed E-state index contributed by atoms with van der Waals surface area (Å²) in [6.07, 6.45) is 0.293. The molecule has 0 N–H and O–H groups in total. The van der Waals surface area contributed by atoms with Crippen LogP contribution >= 0.6 is 22.4 Å². The first kappa shape index (κ1) is 5.84. The molecule has 1 fully saturated rings. The van der Waals surface area contributed by atoms with Crippen LogP contribution in [0.15, 0.2) is 0 Å². The second kappa shape index (κ2) is 2.32. The number of hydrogen-bond acceptors (Lipinski definition) is 2. The van der Waals surface area contributed by atoms with Crippen LogP contribution in [0.25, 0.3) is 0 Å². The van der Waals surface area contributed by atoms with Crippen molar-refractivity contribution in [2.45, 2.75) is 13.0 Å². The van der Waals surface area contributed by atoms with Crippen molar-refractivity contribution in [2.24, 2.45) is 0 Å². The van der Waals surface area contributed by atoms with Crippen LogP contribution in [-0.2, 0) is 9.31 Å². The van der Waals surface area contributed by atoms with Crippen LogP contribution in [0.5, 0.6) is 0 Å². The van der Waals surface area contributed by atoms with E-state index in [1.807, 2.05) is 6.92 Å². The van der Waals surface area contributed by atoms with E-state index in [-0.39, 0.29) is 4.97 Å². The number of rotatable bonds is 0. The largest absolute Gasteiger partial charge is 0.532 e. The predicted molar refractivity (Wildman–Crippen MR) is 36.3 cm³/mol. The molecule has 2 nitrogen and oxygen atoms in total. The van der Waals surface area contributed by atoms with Gasteiger partial charge in [-0.15, -0.1) is 0 Å².